The lowest BCUT2D eigenvalue weighted by Crippen LogP contribution is -2.21. The second-order valence-electron chi connectivity index (χ2n) is 3.80. The minimum Gasteiger partial charge on any atom is -0.312 e. The first kappa shape index (κ1) is 11.0. The molecular weight excluding hydrogens is 173 g/mol. The van der Waals surface area contributed by atoms with E-state index >= 15 is 0 Å². The molecule has 1 heterocycles. The third-order valence-electron chi connectivity index (χ3n) is 2.16. The first-order valence-electron chi connectivity index (χ1n) is 4.87. The maximum absolute atomic E-state index is 11.0. The average molecular weight is 188 g/mol. The van der Waals surface area contributed by atoms with Crippen LogP contribution >= 0.6 is 0 Å². The molecule has 1 atom stereocenters. The van der Waals surface area contributed by atoms with E-state index in [4.69, 9.17) is 0 Å². The van der Waals surface area contributed by atoms with E-state index < -0.39 is 0 Å². The molecule has 2 nitrogen and oxygen atoms in total. The van der Waals surface area contributed by atoms with Crippen molar-refractivity contribution in [3.05, 3.63) is 30.1 Å². The molecule has 0 aliphatic rings. The third kappa shape index (κ3) is 2.98. The number of rotatable bonds is 4. The molecular formula is C11H15BNO. The quantitative estimate of drug-likeness (QED) is 0.676. The Kier molecular flexibility index (Phi) is 3.87. The van der Waals surface area contributed by atoms with Crippen LogP contribution in [0.25, 0.3) is 0 Å². The number of carbonyl (C=O) groups excluding carboxylic acids is 1. The Morgan fingerprint density at radius 2 is 2.14 bits per heavy atom. The Morgan fingerprint density at radius 3 is 2.57 bits per heavy atom. The zero-order valence-electron chi connectivity index (χ0n) is 8.90. The van der Waals surface area contributed by atoms with Crippen molar-refractivity contribution in [1.82, 2.24) is 4.98 Å². The van der Waals surface area contributed by atoms with E-state index in [0.29, 0.717) is 5.92 Å². The molecule has 14 heavy (non-hydrogen) atoms. The molecule has 0 fully saturated rings. The van der Waals surface area contributed by atoms with Gasteiger partial charge in [-0.2, -0.15) is 0 Å². The van der Waals surface area contributed by atoms with Gasteiger partial charge in [-0.25, -0.2) is 0 Å². The lowest BCUT2D eigenvalue weighted by atomic mass is 9.56. The molecule has 1 unspecified atom stereocenters. The van der Waals surface area contributed by atoms with Crippen molar-refractivity contribution >= 4 is 13.0 Å². The predicted octanol–water partition coefficient (Wildman–Crippen LogP) is 2.03. The molecule has 0 bridgehead atoms. The molecule has 0 spiro atoms. The Balaban J connectivity index is 2.83. The van der Waals surface area contributed by atoms with Gasteiger partial charge in [0.25, 0.3) is 0 Å². The summed E-state index contributed by atoms with van der Waals surface area (Å²) in [5.74, 6) is 0.530. The van der Waals surface area contributed by atoms with Crippen LogP contribution in [0.4, 0.5) is 0 Å². The highest BCUT2D eigenvalue weighted by atomic mass is 16.1. The van der Waals surface area contributed by atoms with Gasteiger partial charge in [0.2, 0.25) is 7.28 Å². The summed E-state index contributed by atoms with van der Waals surface area (Å²) in [5, 5.41) is 0. The summed E-state index contributed by atoms with van der Waals surface area (Å²) >= 11 is 0. The highest BCUT2D eigenvalue weighted by molar-refractivity contribution is 6.74. The van der Waals surface area contributed by atoms with Crippen LogP contribution in [-0.2, 0) is 4.79 Å². The van der Waals surface area contributed by atoms with Gasteiger partial charge in [0, 0.05) is 11.9 Å². The third-order valence-corrected chi connectivity index (χ3v) is 2.16. The SMILES string of the molecule is CC(=O)[B]C(c1ccccn1)C(C)C. The van der Waals surface area contributed by atoms with Crippen molar-refractivity contribution in [3.63, 3.8) is 0 Å². The van der Waals surface area contributed by atoms with Crippen molar-refractivity contribution in [2.45, 2.75) is 26.6 Å². The molecule has 0 amide bonds. The Morgan fingerprint density at radius 1 is 1.43 bits per heavy atom. The number of hydrogen-bond acceptors (Lipinski definition) is 2. The van der Waals surface area contributed by atoms with E-state index in [2.05, 4.69) is 18.8 Å². The number of nitrogens with zero attached hydrogens (tertiary/aromatic N) is 1. The normalized spacial score (nSPS) is 12.6. The fourth-order valence-electron chi connectivity index (χ4n) is 1.45. The topological polar surface area (TPSA) is 30.0 Å². The van der Waals surface area contributed by atoms with E-state index in [0.717, 1.165) is 5.69 Å². The van der Waals surface area contributed by atoms with Gasteiger partial charge in [0.1, 0.15) is 0 Å². The summed E-state index contributed by atoms with van der Waals surface area (Å²) in [4.78, 5) is 15.3. The zero-order valence-corrected chi connectivity index (χ0v) is 8.90. The molecule has 1 aromatic heterocycles. The fourth-order valence-corrected chi connectivity index (χ4v) is 1.45. The van der Waals surface area contributed by atoms with Gasteiger partial charge in [-0.1, -0.05) is 19.9 Å². The summed E-state index contributed by atoms with van der Waals surface area (Å²) in [6.07, 6.45) is 1.76. The van der Waals surface area contributed by atoms with Gasteiger partial charge < -0.3 is 4.79 Å². The summed E-state index contributed by atoms with van der Waals surface area (Å²) < 4.78 is 0. The summed E-state index contributed by atoms with van der Waals surface area (Å²) in [6.45, 7) is 5.77. The van der Waals surface area contributed by atoms with Crippen LogP contribution in [0.3, 0.4) is 0 Å². The van der Waals surface area contributed by atoms with E-state index in [1.165, 1.54) is 0 Å². The highest BCUT2D eigenvalue weighted by Gasteiger charge is 2.20. The maximum atomic E-state index is 11.0. The molecule has 0 saturated carbocycles. The average Bonchev–Trinajstić information content (AvgIpc) is 2.15. The predicted molar refractivity (Wildman–Crippen MR) is 58.3 cm³/mol. The first-order chi connectivity index (χ1) is 6.61. The largest absolute Gasteiger partial charge is 0.312 e. The second-order valence-corrected chi connectivity index (χ2v) is 3.80. The molecule has 1 radical (unpaired) electrons. The summed E-state index contributed by atoms with van der Waals surface area (Å²) in [6, 6.07) is 5.80. The number of pyridine rings is 1. The molecule has 0 aliphatic heterocycles. The molecule has 1 rings (SSSR count). The van der Waals surface area contributed by atoms with Crippen LogP contribution in [0.15, 0.2) is 24.4 Å². The lowest BCUT2D eigenvalue weighted by Gasteiger charge is -2.17. The number of hydrogen-bond donors (Lipinski definition) is 0. The van der Waals surface area contributed by atoms with E-state index in [1.807, 2.05) is 18.2 Å². The van der Waals surface area contributed by atoms with Gasteiger partial charge in [-0.15, -0.1) is 0 Å². The summed E-state index contributed by atoms with van der Waals surface area (Å²) in [7, 11) is 1.74. The van der Waals surface area contributed by atoms with Crippen molar-refractivity contribution in [2.24, 2.45) is 5.92 Å². The van der Waals surface area contributed by atoms with Crippen LogP contribution in [0.1, 0.15) is 32.3 Å². The smallest absolute Gasteiger partial charge is 0.212 e. The molecule has 3 heteroatoms. The highest BCUT2D eigenvalue weighted by Crippen LogP contribution is 2.20. The Labute approximate surface area is 86.0 Å². The monoisotopic (exact) mass is 188 g/mol. The molecule has 73 valence electrons. The van der Waals surface area contributed by atoms with Gasteiger partial charge in [0.05, 0.1) is 5.68 Å². The van der Waals surface area contributed by atoms with Crippen LogP contribution in [0.2, 0.25) is 0 Å². The molecule has 0 N–H and O–H groups in total. The second kappa shape index (κ2) is 4.94. The summed E-state index contributed by atoms with van der Waals surface area (Å²) in [5.41, 5.74) is 1.08. The van der Waals surface area contributed by atoms with Crippen molar-refractivity contribution < 1.29 is 4.79 Å². The Hall–Kier alpha value is -1.12. The van der Waals surface area contributed by atoms with Gasteiger partial charge in [0.15, 0.2) is 0 Å². The first-order valence-corrected chi connectivity index (χ1v) is 4.87. The van der Waals surface area contributed by atoms with Crippen molar-refractivity contribution in [2.75, 3.05) is 0 Å². The standard InChI is InChI=1S/C11H15BNO/c1-8(2)11(12-9(3)14)10-6-4-5-7-13-10/h4-8,11H,1-3H3. The van der Waals surface area contributed by atoms with E-state index in [-0.39, 0.29) is 11.5 Å². The minimum absolute atomic E-state index is 0.106. The number of aromatic nitrogens is 1. The molecule has 0 saturated heterocycles. The van der Waals surface area contributed by atoms with Crippen molar-refractivity contribution in [3.8, 4) is 0 Å². The van der Waals surface area contributed by atoms with E-state index in [1.54, 1.807) is 20.4 Å². The lowest BCUT2D eigenvalue weighted by molar-refractivity contribution is -0.110. The van der Waals surface area contributed by atoms with Gasteiger partial charge >= 0.3 is 0 Å². The Bertz CT molecular complexity index is 297. The van der Waals surface area contributed by atoms with Crippen LogP contribution in [0, 0.1) is 5.92 Å². The zero-order chi connectivity index (χ0) is 10.6. The van der Waals surface area contributed by atoms with Crippen LogP contribution in [0.5, 0.6) is 0 Å². The van der Waals surface area contributed by atoms with Crippen LogP contribution in [-0.4, -0.2) is 17.9 Å². The molecule has 0 aromatic carbocycles. The van der Waals surface area contributed by atoms with E-state index in [9.17, 15) is 4.79 Å². The van der Waals surface area contributed by atoms with Crippen molar-refractivity contribution in [1.29, 1.82) is 0 Å². The van der Waals surface area contributed by atoms with Crippen LogP contribution < -0.4 is 0 Å². The minimum atomic E-state index is 0.106. The fraction of sp³-hybridized carbons (Fsp3) is 0.455. The molecule has 0 aliphatic carbocycles. The van der Waals surface area contributed by atoms with Gasteiger partial charge in [-0.3, -0.25) is 4.98 Å². The number of carbonyl (C=O) groups is 1. The molecule has 1 aromatic rings. The maximum Gasteiger partial charge on any atom is 0.212 e. The van der Waals surface area contributed by atoms with Gasteiger partial charge in [-0.05, 0) is 30.8 Å².